The summed E-state index contributed by atoms with van der Waals surface area (Å²) in [6.45, 7) is 2.33. The van der Waals surface area contributed by atoms with Gasteiger partial charge >= 0.3 is 0 Å². The molecular formula is C20H23F2N3O2. The van der Waals surface area contributed by atoms with E-state index in [2.05, 4.69) is 10.00 Å². The highest BCUT2D eigenvalue weighted by atomic mass is 19.1. The third-order valence-electron chi connectivity index (χ3n) is 5.11. The standard InChI is InChI=1S/C20H23F2N3O2/c21-15-7-14(8-16(22)9-15)10-23-20(26)4-3-18-17-12-27-6-5-19(17)25(24-18)11-13-1-2-13/h7-9,13H,1-6,10-12H2,(H,23,26). The maximum absolute atomic E-state index is 13.2. The van der Waals surface area contributed by atoms with Crippen molar-refractivity contribution < 1.29 is 18.3 Å². The zero-order chi connectivity index (χ0) is 18.8. The van der Waals surface area contributed by atoms with E-state index in [0.717, 1.165) is 36.2 Å². The van der Waals surface area contributed by atoms with Crippen molar-refractivity contribution in [1.82, 2.24) is 15.1 Å². The number of carbonyl (C=O) groups excluding carboxylic acids is 1. The van der Waals surface area contributed by atoms with E-state index in [0.29, 0.717) is 25.2 Å². The van der Waals surface area contributed by atoms with Crippen LogP contribution in [0.25, 0.3) is 0 Å². The summed E-state index contributed by atoms with van der Waals surface area (Å²) in [5.41, 5.74) is 3.71. The Morgan fingerprint density at radius 2 is 2.04 bits per heavy atom. The van der Waals surface area contributed by atoms with Crippen LogP contribution in [0.4, 0.5) is 8.78 Å². The molecule has 1 aliphatic carbocycles. The van der Waals surface area contributed by atoms with Crippen LogP contribution in [0.5, 0.6) is 0 Å². The topological polar surface area (TPSA) is 56.2 Å². The molecule has 0 spiro atoms. The number of fused-ring (bicyclic) bond motifs is 1. The molecule has 1 aliphatic heterocycles. The van der Waals surface area contributed by atoms with E-state index < -0.39 is 11.6 Å². The first-order chi connectivity index (χ1) is 13.1. The summed E-state index contributed by atoms with van der Waals surface area (Å²) in [7, 11) is 0. The van der Waals surface area contributed by atoms with Crippen LogP contribution in [0, 0.1) is 17.6 Å². The third kappa shape index (κ3) is 4.53. The van der Waals surface area contributed by atoms with Crippen LogP contribution >= 0.6 is 0 Å². The number of benzene rings is 1. The van der Waals surface area contributed by atoms with Crippen molar-refractivity contribution in [1.29, 1.82) is 0 Å². The molecule has 0 atom stereocenters. The Balaban J connectivity index is 1.35. The molecule has 4 rings (SSSR count). The molecule has 0 unspecified atom stereocenters. The lowest BCUT2D eigenvalue weighted by molar-refractivity contribution is -0.121. The second-order valence-corrected chi connectivity index (χ2v) is 7.35. The average Bonchev–Trinajstić information content (AvgIpc) is 3.39. The third-order valence-corrected chi connectivity index (χ3v) is 5.11. The van der Waals surface area contributed by atoms with Crippen molar-refractivity contribution in [2.45, 2.75) is 51.8 Å². The first-order valence-corrected chi connectivity index (χ1v) is 9.45. The Bertz CT molecular complexity index is 826. The van der Waals surface area contributed by atoms with Crippen LogP contribution in [0.2, 0.25) is 0 Å². The van der Waals surface area contributed by atoms with E-state index in [1.807, 2.05) is 0 Å². The lowest BCUT2D eigenvalue weighted by Crippen LogP contribution is -2.23. The molecule has 1 N–H and O–H groups in total. The fourth-order valence-electron chi connectivity index (χ4n) is 3.51. The number of aromatic nitrogens is 2. The number of amides is 1. The van der Waals surface area contributed by atoms with Gasteiger partial charge in [0.1, 0.15) is 11.6 Å². The van der Waals surface area contributed by atoms with Gasteiger partial charge in [0, 0.05) is 49.7 Å². The van der Waals surface area contributed by atoms with E-state index >= 15 is 0 Å². The second-order valence-electron chi connectivity index (χ2n) is 7.35. The number of rotatable bonds is 7. The van der Waals surface area contributed by atoms with E-state index in [4.69, 9.17) is 9.84 Å². The Hall–Kier alpha value is -2.28. The Kier molecular flexibility index (Phi) is 5.20. The predicted octanol–water partition coefficient (Wildman–Crippen LogP) is 2.89. The van der Waals surface area contributed by atoms with Crippen LogP contribution in [0.15, 0.2) is 18.2 Å². The summed E-state index contributed by atoms with van der Waals surface area (Å²) in [4.78, 5) is 12.2. The van der Waals surface area contributed by atoms with Crippen LogP contribution in [-0.4, -0.2) is 22.3 Å². The second kappa shape index (κ2) is 7.76. The normalized spacial score (nSPS) is 16.2. The van der Waals surface area contributed by atoms with Gasteiger partial charge in [0.2, 0.25) is 5.91 Å². The minimum absolute atomic E-state index is 0.102. The number of nitrogens with one attached hydrogen (secondary N) is 1. The zero-order valence-electron chi connectivity index (χ0n) is 15.1. The maximum atomic E-state index is 13.2. The van der Waals surface area contributed by atoms with Gasteiger partial charge in [0.25, 0.3) is 0 Å². The fourth-order valence-corrected chi connectivity index (χ4v) is 3.51. The molecular weight excluding hydrogens is 352 g/mol. The highest BCUT2D eigenvalue weighted by Crippen LogP contribution is 2.32. The van der Waals surface area contributed by atoms with Crippen LogP contribution in [-0.2, 0) is 42.1 Å². The van der Waals surface area contributed by atoms with Crippen molar-refractivity contribution in [3.05, 3.63) is 52.3 Å². The van der Waals surface area contributed by atoms with Crippen LogP contribution in [0.3, 0.4) is 0 Å². The summed E-state index contributed by atoms with van der Waals surface area (Å²) in [6.07, 6.45) is 4.22. The quantitative estimate of drug-likeness (QED) is 0.810. The number of hydrogen-bond donors (Lipinski definition) is 1. The van der Waals surface area contributed by atoms with Crippen molar-refractivity contribution in [3.63, 3.8) is 0 Å². The highest BCUT2D eigenvalue weighted by Gasteiger charge is 2.27. The van der Waals surface area contributed by atoms with E-state index in [1.165, 1.54) is 30.7 Å². The molecule has 1 amide bonds. The first-order valence-electron chi connectivity index (χ1n) is 9.45. The molecule has 0 radical (unpaired) electrons. The molecule has 0 saturated heterocycles. The number of hydrogen-bond acceptors (Lipinski definition) is 3. The van der Waals surface area contributed by atoms with Gasteiger partial charge in [-0.2, -0.15) is 5.10 Å². The van der Waals surface area contributed by atoms with Gasteiger partial charge in [-0.1, -0.05) is 0 Å². The van der Waals surface area contributed by atoms with Crippen LogP contribution < -0.4 is 5.32 Å². The minimum atomic E-state index is -0.646. The molecule has 2 aliphatic rings. The van der Waals surface area contributed by atoms with E-state index in [-0.39, 0.29) is 18.9 Å². The molecule has 27 heavy (non-hydrogen) atoms. The van der Waals surface area contributed by atoms with E-state index in [9.17, 15) is 13.6 Å². The molecule has 1 aromatic heterocycles. The van der Waals surface area contributed by atoms with E-state index in [1.54, 1.807) is 0 Å². The number of halogens is 2. The Labute approximate surface area is 156 Å². The van der Waals surface area contributed by atoms with Crippen molar-refractivity contribution in [2.24, 2.45) is 5.92 Å². The summed E-state index contributed by atoms with van der Waals surface area (Å²) in [5, 5.41) is 7.46. The van der Waals surface area contributed by atoms with Gasteiger partial charge in [-0.05, 0) is 36.5 Å². The Morgan fingerprint density at radius 1 is 1.26 bits per heavy atom. The molecule has 2 heterocycles. The van der Waals surface area contributed by atoms with Crippen molar-refractivity contribution in [2.75, 3.05) is 6.61 Å². The number of nitrogens with zero attached hydrogens (tertiary/aromatic N) is 2. The van der Waals surface area contributed by atoms with Gasteiger partial charge in [0.15, 0.2) is 0 Å². The van der Waals surface area contributed by atoms with Gasteiger partial charge in [-0.15, -0.1) is 0 Å². The lowest BCUT2D eigenvalue weighted by atomic mass is 10.1. The first kappa shape index (κ1) is 18.1. The summed E-state index contributed by atoms with van der Waals surface area (Å²) >= 11 is 0. The number of carbonyl (C=O) groups is 1. The highest BCUT2D eigenvalue weighted by molar-refractivity contribution is 5.76. The van der Waals surface area contributed by atoms with Gasteiger partial charge < -0.3 is 10.1 Å². The number of aryl methyl sites for hydroxylation is 1. The van der Waals surface area contributed by atoms with Crippen molar-refractivity contribution in [3.8, 4) is 0 Å². The molecule has 5 nitrogen and oxygen atoms in total. The van der Waals surface area contributed by atoms with Gasteiger partial charge in [-0.3, -0.25) is 9.48 Å². The molecule has 2 aromatic rings. The summed E-state index contributed by atoms with van der Waals surface area (Å²) in [5.74, 6) is -0.722. The maximum Gasteiger partial charge on any atom is 0.220 e. The molecule has 0 bridgehead atoms. The molecule has 144 valence electrons. The average molecular weight is 375 g/mol. The zero-order valence-corrected chi connectivity index (χ0v) is 15.1. The summed E-state index contributed by atoms with van der Waals surface area (Å²) < 4.78 is 34.1. The Morgan fingerprint density at radius 3 is 2.78 bits per heavy atom. The van der Waals surface area contributed by atoms with Crippen LogP contribution in [0.1, 0.15) is 41.8 Å². The molecule has 7 heteroatoms. The monoisotopic (exact) mass is 375 g/mol. The predicted molar refractivity (Wildman–Crippen MR) is 94.8 cm³/mol. The lowest BCUT2D eigenvalue weighted by Gasteiger charge is -2.15. The van der Waals surface area contributed by atoms with Gasteiger partial charge in [-0.25, -0.2) is 8.78 Å². The minimum Gasteiger partial charge on any atom is -0.376 e. The smallest absolute Gasteiger partial charge is 0.220 e. The largest absolute Gasteiger partial charge is 0.376 e. The van der Waals surface area contributed by atoms with Crippen molar-refractivity contribution >= 4 is 5.91 Å². The number of ether oxygens (including phenoxy) is 1. The molecule has 1 fully saturated rings. The fraction of sp³-hybridized carbons (Fsp3) is 0.500. The molecule has 1 saturated carbocycles. The SMILES string of the molecule is O=C(CCc1nn(CC2CC2)c2c1COCC2)NCc1cc(F)cc(F)c1. The summed E-state index contributed by atoms with van der Waals surface area (Å²) in [6, 6.07) is 3.25. The molecule has 1 aromatic carbocycles. The van der Waals surface area contributed by atoms with Gasteiger partial charge in [0.05, 0.1) is 18.9 Å².